The molecule has 0 amide bonds. The second-order valence-corrected chi connectivity index (χ2v) is 6.06. The maximum Gasteiger partial charge on any atom is 0.180 e. The maximum absolute atomic E-state index is 4.87. The summed E-state index contributed by atoms with van der Waals surface area (Å²) in [6, 6.07) is 13.9. The summed E-state index contributed by atoms with van der Waals surface area (Å²) in [4.78, 5) is 20.7. The molecule has 0 bridgehead atoms. The van der Waals surface area contributed by atoms with Crippen LogP contribution in [0.2, 0.25) is 0 Å². The summed E-state index contributed by atoms with van der Waals surface area (Å²) in [5, 5.41) is 1.06. The number of rotatable bonds is 2. The lowest BCUT2D eigenvalue weighted by molar-refractivity contribution is 0.557. The van der Waals surface area contributed by atoms with E-state index < -0.39 is 0 Å². The van der Waals surface area contributed by atoms with Crippen molar-refractivity contribution in [1.29, 1.82) is 0 Å². The van der Waals surface area contributed by atoms with E-state index >= 15 is 0 Å². The zero-order valence-electron chi connectivity index (χ0n) is 13.6. The van der Waals surface area contributed by atoms with Gasteiger partial charge in [-0.15, -0.1) is 0 Å². The number of imidazole rings is 1. The van der Waals surface area contributed by atoms with Gasteiger partial charge in [0, 0.05) is 37.1 Å². The van der Waals surface area contributed by atoms with Crippen LogP contribution in [0.3, 0.4) is 0 Å². The highest BCUT2D eigenvalue weighted by molar-refractivity contribution is 5.90. The molecular formula is C19H16N6. The molecule has 25 heavy (non-hydrogen) atoms. The number of hydrogen-bond donors (Lipinski definition) is 0. The van der Waals surface area contributed by atoms with Crippen LogP contribution in [0.15, 0.2) is 61.1 Å². The van der Waals surface area contributed by atoms with E-state index in [0.29, 0.717) is 5.82 Å². The molecular weight excluding hydrogens is 312 g/mol. The summed E-state index contributed by atoms with van der Waals surface area (Å²) in [6.45, 7) is 2.55. The minimum Gasteiger partial charge on any atom is -0.347 e. The predicted molar refractivity (Wildman–Crippen MR) is 96.0 cm³/mol. The fourth-order valence-corrected chi connectivity index (χ4v) is 3.26. The Labute approximate surface area is 144 Å². The van der Waals surface area contributed by atoms with Crippen LogP contribution in [0.25, 0.3) is 22.4 Å². The van der Waals surface area contributed by atoms with Crippen LogP contribution in [0, 0.1) is 0 Å². The molecule has 1 aliphatic heterocycles. The number of fused-ring (bicyclic) bond motifs is 2. The molecule has 6 heteroatoms. The van der Waals surface area contributed by atoms with Crippen molar-refractivity contribution in [3.63, 3.8) is 0 Å². The first-order chi connectivity index (χ1) is 12.4. The van der Waals surface area contributed by atoms with Crippen molar-refractivity contribution in [1.82, 2.24) is 24.5 Å². The molecule has 0 unspecified atom stereocenters. The lowest BCUT2D eigenvalue weighted by Crippen LogP contribution is -2.34. The van der Waals surface area contributed by atoms with Crippen molar-refractivity contribution in [3.05, 3.63) is 66.9 Å². The van der Waals surface area contributed by atoms with Crippen molar-refractivity contribution in [2.75, 3.05) is 11.4 Å². The highest BCUT2D eigenvalue weighted by Gasteiger charge is 2.21. The van der Waals surface area contributed by atoms with Gasteiger partial charge in [-0.05, 0) is 24.3 Å². The van der Waals surface area contributed by atoms with Crippen LogP contribution < -0.4 is 4.90 Å². The molecule has 0 fully saturated rings. The monoisotopic (exact) mass is 328 g/mol. The summed E-state index contributed by atoms with van der Waals surface area (Å²) >= 11 is 0. The Morgan fingerprint density at radius 3 is 2.68 bits per heavy atom. The summed E-state index contributed by atoms with van der Waals surface area (Å²) in [5.74, 6) is 2.66. The Morgan fingerprint density at radius 1 is 0.840 bits per heavy atom. The minimum absolute atomic E-state index is 0.656. The summed E-state index contributed by atoms with van der Waals surface area (Å²) in [7, 11) is 0. The van der Waals surface area contributed by atoms with Gasteiger partial charge in [-0.3, -0.25) is 4.98 Å². The minimum atomic E-state index is 0.656. The first kappa shape index (κ1) is 14.1. The van der Waals surface area contributed by atoms with Crippen molar-refractivity contribution in [2.24, 2.45) is 0 Å². The van der Waals surface area contributed by atoms with E-state index in [2.05, 4.69) is 25.5 Å². The van der Waals surface area contributed by atoms with Gasteiger partial charge in [-0.2, -0.15) is 0 Å². The van der Waals surface area contributed by atoms with Gasteiger partial charge in [0.05, 0.1) is 12.1 Å². The van der Waals surface area contributed by atoms with E-state index in [0.717, 1.165) is 47.9 Å². The molecule has 4 heterocycles. The molecule has 5 rings (SSSR count). The average Bonchev–Trinajstić information content (AvgIpc) is 3.15. The van der Waals surface area contributed by atoms with Crippen molar-refractivity contribution >= 4 is 16.7 Å². The maximum atomic E-state index is 4.87. The van der Waals surface area contributed by atoms with Crippen LogP contribution in [-0.2, 0) is 13.1 Å². The van der Waals surface area contributed by atoms with Gasteiger partial charge in [0.15, 0.2) is 5.82 Å². The second kappa shape index (κ2) is 5.66. The van der Waals surface area contributed by atoms with Gasteiger partial charge in [0.2, 0.25) is 0 Å². The molecule has 122 valence electrons. The van der Waals surface area contributed by atoms with E-state index in [-0.39, 0.29) is 0 Å². The number of pyridine rings is 1. The smallest absolute Gasteiger partial charge is 0.180 e. The standard InChI is InChI=1S/C19H16N6/c1-2-6-15-14(5-1)19(23-18(22-15)16-7-3-4-8-20-16)25-12-11-24-10-9-21-17(24)13-25/h1-10H,11-13H2. The van der Waals surface area contributed by atoms with Crippen LogP contribution >= 0.6 is 0 Å². The van der Waals surface area contributed by atoms with E-state index in [1.807, 2.05) is 48.8 Å². The number of para-hydroxylation sites is 1. The highest BCUT2D eigenvalue weighted by Crippen LogP contribution is 2.28. The highest BCUT2D eigenvalue weighted by atomic mass is 15.3. The van der Waals surface area contributed by atoms with E-state index in [9.17, 15) is 0 Å². The average molecular weight is 328 g/mol. The number of aromatic nitrogens is 5. The molecule has 0 N–H and O–H groups in total. The molecule has 1 aliphatic rings. The Kier molecular flexibility index (Phi) is 3.19. The molecule has 0 aliphatic carbocycles. The van der Waals surface area contributed by atoms with E-state index in [1.54, 1.807) is 6.20 Å². The first-order valence-electron chi connectivity index (χ1n) is 8.32. The van der Waals surface area contributed by atoms with Crippen molar-refractivity contribution < 1.29 is 0 Å². The van der Waals surface area contributed by atoms with E-state index in [4.69, 9.17) is 9.97 Å². The van der Waals surface area contributed by atoms with Crippen LogP contribution in [0.1, 0.15) is 5.82 Å². The van der Waals surface area contributed by atoms with Crippen LogP contribution in [0.5, 0.6) is 0 Å². The van der Waals surface area contributed by atoms with Crippen molar-refractivity contribution in [2.45, 2.75) is 13.1 Å². The summed E-state index contributed by atoms with van der Waals surface area (Å²) in [6.07, 6.45) is 5.66. The Balaban J connectivity index is 1.66. The number of hydrogen-bond acceptors (Lipinski definition) is 5. The number of anilines is 1. The predicted octanol–water partition coefficient (Wildman–Crippen LogP) is 2.91. The van der Waals surface area contributed by atoms with Crippen LogP contribution in [0.4, 0.5) is 5.82 Å². The van der Waals surface area contributed by atoms with Gasteiger partial charge >= 0.3 is 0 Å². The van der Waals surface area contributed by atoms with Gasteiger partial charge in [0.1, 0.15) is 17.3 Å². The van der Waals surface area contributed by atoms with Gasteiger partial charge in [-0.1, -0.05) is 18.2 Å². The zero-order chi connectivity index (χ0) is 16.6. The number of benzene rings is 1. The molecule has 4 aromatic rings. The molecule has 0 saturated heterocycles. The lowest BCUT2D eigenvalue weighted by atomic mass is 10.2. The van der Waals surface area contributed by atoms with Gasteiger partial charge in [0.25, 0.3) is 0 Å². The molecule has 0 spiro atoms. The SMILES string of the molecule is c1ccc(-c2nc(N3CCn4ccnc4C3)c3ccccc3n2)nc1. The molecule has 0 atom stereocenters. The zero-order valence-corrected chi connectivity index (χ0v) is 13.6. The third-order valence-electron chi connectivity index (χ3n) is 4.52. The fourth-order valence-electron chi connectivity index (χ4n) is 3.26. The fraction of sp³-hybridized carbons (Fsp3) is 0.158. The largest absolute Gasteiger partial charge is 0.347 e. The third-order valence-corrected chi connectivity index (χ3v) is 4.52. The first-order valence-corrected chi connectivity index (χ1v) is 8.32. The topological polar surface area (TPSA) is 59.7 Å². The molecule has 0 saturated carbocycles. The third kappa shape index (κ3) is 2.42. The van der Waals surface area contributed by atoms with Crippen molar-refractivity contribution in [3.8, 4) is 11.5 Å². The Morgan fingerprint density at radius 2 is 1.76 bits per heavy atom. The normalized spacial score (nSPS) is 13.8. The Hall–Kier alpha value is -3.28. The molecule has 3 aromatic heterocycles. The molecule has 0 radical (unpaired) electrons. The summed E-state index contributed by atoms with van der Waals surface area (Å²) < 4.78 is 2.19. The van der Waals surface area contributed by atoms with Gasteiger partial charge < -0.3 is 9.47 Å². The number of nitrogens with zero attached hydrogens (tertiary/aromatic N) is 6. The Bertz CT molecular complexity index is 1040. The quantitative estimate of drug-likeness (QED) is 0.566. The summed E-state index contributed by atoms with van der Waals surface area (Å²) in [5.41, 5.74) is 1.72. The second-order valence-electron chi connectivity index (χ2n) is 6.06. The lowest BCUT2D eigenvalue weighted by Gasteiger charge is -2.29. The molecule has 6 nitrogen and oxygen atoms in total. The van der Waals surface area contributed by atoms with E-state index in [1.165, 1.54) is 0 Å². The van der Waals surface area contributed by atoms with Gasteiger partial charge in [-0.25, -0.2) is 15.0 Å². The van der Waals surface area contributed by atoms with Crippen LogP contribution in [-0.4, -0.2) is 31.0 Å². The molecule has 1 aromatic carbocycles.